The number of benzene rings is 1. The summed E-state index contributed by atoms with van der Waals surface area (Å²) in [7, 11) is 0. The number of carbonyl (C=O) groups is 1. The number of amides is 1. The first kappa shape index (κ1) is 20.0. The molecule has 6 nitrogen and oxygen atoms in total. The van der Waals surface area contributed by atoms with Gasteiger partial charge in [-0.05, 0) is 64.3 Å². The average Bonchev–Trinajstić information content (AvgIpc) is 3.38. The third kappa shape index (κ3) is 4.55. The Morgan fingerprint density at radius 1 is 1.32 bits per heavy atom. The maximum Gasteiger partial charge on any atom is 0.407 e. The van der Waals surface area contributed by atoms with Gasteiger partial charge in [-0.2, -0.15) is 0 Å². The zero-order valence-corrected chi connectivity index (χ0v) is 17.0. The largest absolute Gasteiger partial charge is 0.491 e. The van der Waals surface area contributed by atoms with Crippen LogP contribution >= 0.6 is 0 Å². The molecule has 1 saturated carbocycles. The van der Waals surface area contributed by atoms with Gasteiger partial charge in [-0.1, -0.05) is 12.1 Å². The molecule has 0 bridgehead atoms. The Balaban J connectivity index is 1.73. The highest BCUT2D eigenvalue weighted by Gasteiger charge is 2.47. The van der Waals surface area contributed by atoms with E-state index in [-0.39, 0.29) is 5.41 Å². The van der Waals surface area contributed by atoms with E-state index < -0.39 is 11.6 Å². The molecular weight excluding hydrogens is 354 g/mol. The van der Waals surface area contributed by atoms with Gasteiger partial charge in [0, 0.05) is 34.4 Å². The number of ether oxygens (including phenoxy) is 1. The second-order valence-corrected chi connectivity index (χ2v) is 8.76. The van der Waals surface area contributed by atoms with Gasteiger partial charge in [0.15, 0.2) is 0 Å². The number of hydrogen-bond donors (Lipinski definition) is 2. The van der Waals surface area contributed by atoms with Gasteiger partial charge < -0.3 is 20.5 Å². The first-order valence-electron chi connectivity index (χ1n) is 9.56. The van der Waals surface area contributed by atoms with Gasteiger partial charge in [-0.3, -0.25) is 4.98 Å². The lowest BCUT2D eigenvalue weighted by atomic mass is 10.0. The Bertz CT molecular complexity index is 870. The monoisotopic (exact) mass is 383 g/mol. The predicted molar refractivity (Wildman–Crippen MR) is 110 cm³/mol. The van der Waals surface area contributed by atoms with Crippen molar-refractivity contribution >= 4 is 11.8 Å². The first-order chi connectivity index (χ1) is 13.1. The highest BCUT2D eigenvalue weighted by Crippen LogP contribution is 2.47. The normalized spacial score (nSPS) is 15.1. The number of anilines is 1. The van der Waals surface area contributed by atoms with Crippen LogP contribution in [0, 0.1) is 12.3 Å². The minimum atomic E-state index is -0.889. The molecule has 6 heteroatoms. The Hall–Kier alpha value is -2.76. The summed E-state index contributed by atoms with van der Waals surface area (Å²) in [5, 5.41) is 9.57. The van der Waals surface area contributed by atoms with Gasteiger partial charge in [0.2, 0.25) is 0 Å². The number of pyridine rings is 1. The average molecular weight is 383 g/mol. The number of aromatic nitrogens is 1. The van der Waals surface area contributed by atoms with E-state index in [1.807, 2.05) is 58.0 Å². The maximum absolute atomic E-state index is 11.7. The van der Waals surface area contributed by atoms with Gasteiger partial charge in [-0.15, -0.1) is 0 Å². The fraction of sp³-hybridized carbons (Fsp3) is 0.455. The number of nitrogens with two attached hydrogens (primary N) is 1. The Morgan fingerprint density at radius 3 is 2.61 bits per heavy atom. The van der Waals surface area contributed by atoms with Crippen molar-refractivity contribution in [2.45, 2.75) is 46.1 Å². The third-order valence-electron chi connectivity index (χ3n) is 5.30. The molecule has 0 spiro atoms. The highest BCUT2D eigenvalue weighted by molar-refractivity contribution is 5.70. The van der Waals surface area contributed by atoms with Crippen molar-refractivity contribution in [2.75, 3.05) is 18.9 Å². The van der Waals surface area contributed by atoms with E-state index in [9.17, 15) is 9.90 Å². The van der Waals surface area contributed by atoms with E-state index in [2.05, 4.69) is 4.98 Å². The van der Waals surface area contributed by atoms with Crippen LogP contribution in [0.3, 0.4) is 0 Å². The van der Waals surface area contributed by atoms with Crippen molar-refractivity contribution in [3.8, 4) is 16.9 Å². The fourth-order valence-corrected chi connectivity index (χ4v) is 3.28. The van der Waals surface area contributed by atoms with Crippen molar-refractivity contribution in [3.05, 3.63) is 42.2 Å². The van der Waals surface area contributed by atoms with Crippen molar-refractivity contribution < 1.29 is 14.6 Å². The zero-order valence-electron chi connectivity index (χ0n) is 17.0. The summed E-state index contributed by atoms with van der Waals surface area (Å²) in [6.45, 7) is 8.67. The molecule has 1 aromatic heterocycles. The molecule has 1 aromatic carbocycles. The molecule has 1 amide bonds. The molecule has 3 rings (SSSR count). The molecule has 0 radical (unpaired) electrons. The first-order valence-corrected chi connectivity index (χ1v) is 9.56. The van der Waals surface area contributed by atoms with Gasteiger partial charge in [0.25, 0.3) is 0 Å². The van der Waals surface area contributed by atoms with E-state index in [1.54, 1.807) is 6.20 Å². The number of nitrogen functional groups attached to an aromatic ring is 1. The van der Waals surface area contributed by atoms with Crippen LogP contribution < -0.4 is 10.5 Å². The van der Waals surface area contributed by atoms with Crippen LogP contribution in [0.25, 0.3) is 11.1 Å². The molecule has 2 aromatic rings. The molecule has 150 valence electrons. The van der Waals surface area contributed by atoms with Crippen LogP contribution in [-0.2, 0) is 0 Å². The number of rotatable bonds is 6. The maximum atomic E-state index is 11.7. The fourth-order valence-electron chi connectivity index (χ4n) is 3.28. The second kappa shape index (κ2) is 7.34. The number of nitrogens with zero attached hydrogens (tertiary/aromatic N) is 2. The second-order valence-electron chi connectivity index (χ2n) is 8.76. The third-order valence-corrected chi connectivity index (χ3v) is 5.30. The lowest BCUT2D eigenvalue weighted by molar-refractivity contribution is 0.0746. The minimum Gasteiger partial charge on any atom is -0.491 e. The van der Waals surface area contributed by atoms with E-state index in [0.29, 0.717) is 24.6 Å². The van der Waals surface area contributed by atoms with Crippen LogP contribution in [-0.4, -0.2) is 39.8 Å². The summed E-state index contributed by atoms with van der Waals surface area (Å²) in [4.78, 5) is 17.6. The molecular formula is C22H29N3O3. The van der Waals surface area contributed by atoms with Gasteiger partial charge in [0.05, 0.1) is 12.8 Å². The van der Waals surface area contributed by atoms with Crippen LogP contribution in [0.4, 0.5) is 10.5 Å². The molecule has 0 saturated heterocycles. The Kier molecular flexibility index (Phi) is 5.24. The summed E-state index contributed by atoms with van der Waals surface area (Å²) in [6.07, 6.45) is 2.77. The molecule has 3 N–H and O–H groups in total. The molecule has 0 atom stereocenters. The van der Waals surface area contributed by atoms with Crippen molar-refractivity contribution in [1.82, 2.24) is 9.88 Å². The summed E-state index contributed by atoms with van der Waals surface area (Å²) < 4.78 is 6.06. The lowest BCUT2D eigenvalue weighted by Crippen LogP contribution is -2.48. The van der Waals surface area contributed by atoms with Crippen LogP contribution in [0.15, 0.2) is 36.5 Å². The summed E-state index contributed by atoms with van der Waals surface area (Å²) in [6, 6.07) is 9.67. The predicted octanol–water partition coefficient (Wildman–Crippen LogP) is 4.58. The van der Waals surface area contributed by atoms with Gasteiger partial charge in [0.1, 0.15) is 5.75 Å². The quantitative estimate of drug-likeness (QED) is 0.713. The van der Waals surface area contributed by atoms with Crippen molar-refractivity contribution in [1.29, 1.82) is 0 Å². The zero-order chi connectivity index (χ0) is 20.5. The molecule has 0 aliphatic heterocycles. The van der Waals surface area contributed by atoms with Crippen molar-refractivity contribution in [2.24, 2.45) is 5.41 Å². The molecule has 1 heterocycles. The molecule has 1 aliphatic rings. The molecule has 28 heavy (non-hydrogen) atoms. The van der Waals surface area contributed by atoms with Crippen LogP contribution in [0.1, 0.15) is 39.3 Å². The SMILES string of the molecule is Cc1ncc(OCC2(CN(C(=O)O)C(C)(C)C)CC2)cc1-c1cccc(N)c1. The number of aryl methyl sites for hydroxylation is 1. The topological polar surface area (TPSA) is 88.7 Å². The highest BCUT2D eigenvalue weighted by atomic mass is 16.5. The van der Waals surface area contributed by atoms with Crippen LogP contribution in [0.5, 0.6) is 5.75 Å². The summed E-state index contributed by atoms with van der Waals surface area (Å²) in [5.74, 6) is 0.687. The lowest BCUT2D eigenvalue weighted by Gasteiger charge is -2.36. The van der Waals surface area contributed by atoms with E-state index in [1.165, 1.54) is 4.90 Å². The van der Waals surface area contributed by atoms with E-state index >= 15 is 0 Å². The van der Waals surface area contributed by atoms with Crippen molar-refractivity contribution in [3.63, 3.8) is 0 Å². The Morgan fingerprint density at radius 2 is 2.04 bits per heavy atom. The number of carboxylic acid groups (broad SMARTS) is 1. The molecule has 0 unspecified atom stereocenters. The summed E-state index contributed by atoms with van der Waals surface area (Å²) in [5.41, 5.74) is 8.95. The van der Waals surface area contributed by atoms with Gasteiger partial charge in [-0.25, -0.2) is 4.79 Å². The standard InChI is InChI=1S/C22H29N3O3/c1-15-19(16-6-5-7-17(23)10-16)11-18(12-24-15)28-14-22(8-9-22)13-25(20(26)27)21(2,3)4/h5-7,10-12H,8-9,13-14,23H2,1-4H3,(H,26,27). The van der Waals surface area contributed by atoms with E-state index in [4.69, 9.17) is 10.5 Å². The minimum absolute atomic E-state index is 0.117. The summed E-state index contributed by atoms with van der Waals surface area (Å²) >= 11 is 0. The van der Waals surface area contributed by atoms with E-state index in [0.717, 1.165) is 29.7 Å². The molecule has 1 aliphatic carbocycles. The molecule has 1 fully saturated rings. The van der Waals surface area contributed by atoms with Crippen LogP contribution in [0.2, 0.25) is 0 Å². The van der Waals surface area contributed by atoms with Gasteiger partial charge >= 0.3 is 6.09 Å². The number of hydrogen-bond acceptors (Lipinski definition) is 4. The smallest absolute Gasteiger partial charge is 0.407 e. The Labute approximate surface area is 166 Å².